The second-order valence-corrected chi connectivity index (χ2v) is 7.46. The van der Waals surface area contributed by atoms with Crippen LogP contribution in [0, 0.1) is 6.92 Å². The maximum Gasteiger partial charge on any atom is 0.390 e. The lowest BCUT2D eigenvalue weighted by molar-refractivity contribution is -0.138. The average molecular weight is 404 g/mol. The number of rotatable bonds is 6. The SMILES string of the molecule is Cc1c(C[C@@H](N)CC(F)(F)F)oc2c(NCc3cccs3)cc(Cl)nc12. The predicted octanol–water partition coefficient (Wildman–Crippen LogP) is 5.29. The number of furan rings is 1. The fraction of sp³-hybridized carbons (Fsp3) is 0.353. The third-order valence-corrected chi connectivity index (χ3v) is 4.98. The van der Waals surface area contributed by atoms with Gasteiger partial charge >= 0.3 is 6.18 Å². The van der Waals surface area contributed by atoms with Gasteiger partial charge in [0.1, 0.15) is 16.4 Å². The molecule has 4 nitrogen and oxygen atoms in total. The Balaban J connectivity index is 1.87. The number of nitrogens with two attached hydrogens (primary N) is 1. The van der Waals surface area contributed by atoms with E-state index in [-0.39, 0.29) is 11.6 Å². The zero-order valence-corrected chi connectivity index (χ0v) is 15.4. The topological polar surface area (TPSA) is 64.1 Å². The minimum atomic E-state index is -4.31. The van der Waals surface area contributed by atoms with Gasteiger partial charge in [0.2, 0.25) is 0 Å². The van der Waals surface area contributed by atoms with Gasteiger partial charge in [0.15, 0.2) is 5.58 Å². The molecule has 26 heavy (non-hydrogen) atoms. The van der Waals surface area contributed by atoms with Crippen molar-refractivity contribution < 1.29 is 17.6 Å². The van der Waals surface area contributed by atoms with Crippen LogP contribution in [0.15, 0.2) is 28.0 Å². The molecule has 3 aromatic heterocycles. The highest BCUT2D eigenvalue weighted by Crippen LogP contribution is 2.33. The van der Waals surface area contributed by atoms with Gasteiger partial charge < -0.3 is 15.5 Å². The van der Waals surface area contributed by atoms with Gasteiger partial charge in [-0.05, 0) is 18.4 Å². The van der Waals surface area contributed by atoms with Crippen LogP contribution in [0.5, 0.6) is 0 Å². The van der Waals surface area contributed by atoms with E-state index in [1.165, 1.54) is 0 Å². The number of nitrogens with zero attached hydrogens (tertiary/aromatic N) is 1. The summed E-state index contributed by atoms with van der Waals surface area (Å²) in [6.07, 6.45) is -5.40. The van der Waals surface area contributed by atoms with Gasteiger partial charge in [-0.1, -0.05) is 17.7 Å². The fourth-order valence-corrected chi connectivity index (χ4v) is 3.56. The first kappa shape index (κ1) is 19.0. The Morgan fingerprint density at radius 2 is 2.19 bits per heavy atom. The summed E-state index contributed by atoms with van der Waals surface area (Å²) in [6.45, 7) is 2.32. The molecule has 3 N–H and O–H groups in total. The normalized spacial score (nSPS) is 13.3. The lowest BCUT2D eigenvalue weighted by Crippen LogP contribution is -2.29. The molecule has 3 rings (SSSR count). The van der Waals surface area contributed by atoms with Gasteiger partial charge in [-0.25, -0.2) is 4.98 Å². The molecule has 9 heteroatoms. The van der Waals surface area contributed by atoms with E-state index in [4.69, 9.17) is 21.8 Å². The first-order valence-corrected chi connectivity index (χ1v) is 9.16. The fourth-order valence-electron chi connectivity index (χ4n) is 2.72. The number of aromatic nitrogens is 1. The molecule has 0 unspecified atom stereocenters. The maximum absolute atomic E-state index is 12.5. The number of nitrogens with one attached hydrogen (secondary N) is 1. The summed E-state index contributed by atoms with van der Waals surface area (Å²) in [5.41, 5.74) is 7.93. The van der Waals surface area contributed by atoms with E-state index in [2.05, 4.69) is 10.3 Å². The van der Waals surface area contributed by atoms with Gasteiger partial charge in [-0.3, -0.25) is 0 Å². The molecule has 0 spiro atoms. The number of pyridine rings is 1. The molecule has 3 heterocycles. The van der Waals surface area contributed by atoms with E-state index in [0.29, 0.717) is 34.7 Å². The van der Waals surface area contributed by atoms with Crippen LogP contribution in [0.3, 0.4) is 0 Å². The molecule has 140 valence electrons. The summed E-state index contributed by atoms with van der Waals surface area (Å²) >= 11 is 7.70. The van der Waals surface area contributed by atoms with Crippen LogP contribution in [0.2, 0.25) is 5.15 Å². The van der Waals surface area contributed by atoms with Crippen LogP contribution >= 0.6 is 22.9 Å². The first-order valence-electron chi connectivity index (χ1n) is 7.90. The van der Waals surface area contributed by atoms with Gasteiger partial charge in [0.25, 0.3) is 0 Å². The van der Waals surface area contributed by atoms with Crippen LogP contribution in [0.1, 0.15) is 22.6 Å². The molecule has 0 amide bonds. The van der Waals surface area contributed by atoms with Crippen molar-refractivity contribution in [3.63, 3.8) is 0 Å². The number of fused-ring (bicyclic) bond motifs is 1. The standard InChI is InChI=1S/C17H17ClF3N3OS/c1-9-13(5-10(22)7-17(19,20)21)25-16-12(6-14(18)24-15(9)16)23-8-11-3-2-4-26-11/h2-4,6,10H,5,7-8,22H2,1H3,(H,23,24)/t10-/m1/s1. The predicted molar refractivity (Wildman–Crippen MR) is 97.8 cm³/mol. The van der Waals surface area contributed by atoms with Crippen molar-refractivity contribution in [2.75, 3.05) is 5.32 Å². The molecular formula is C17H17ClF3N3OS. The lowest BCUT2D eigenvalue weighted by Gasteiger charge is -2.12. The summed E-state index contributed by atoms with van der Waals surface area (Å²) < 4.78 is 43.4. The highest BCUT2D eigenvalue weighted by molar-refractivity contribution is 7.09. The maximum atomic E-state index is 12.5. The van der Waals surface area contributed by atoms with E-state index in [9.17, 15) is 13.2 Å². The molecule has 0 saturated carbocycles. The van der Waals surface area contributed by atoms with Crippen LogP contribution < -0.4 is 11.1 Å². The molecule has 0 aliphatic heterocycles. The van der Waals surface area contributed by atoms with Crippen molar-refractivity contribution in [1.29, 1.82) is 0 Å². The molecule has 1 atom stereocenters. The molecule has 0 aromatic carbocycles. The van der Waals surface area contributed by atoms with Gasteiger partial charge in [-0.2, -0.15) is 13.2 Å². The molecule has 0 saturated heterocycles. The van der Waals surface area contributed by atoms with E-state index < -0.39 is 18.6 Å². The molecular weight excluding hydrogens is 387 g/mol. The quantitative estimate of drug-likeness (QED) is 0.549. The van der Waals surface area contributed by atoms with Crippen molar-refractivity contribution in [1.82, 2.24) is 4.98 Å². The van der Waals surface area contributed by atoms with Crippen molar-refractivity contribution in [3.8, 4) is 0 Å². The zero-order valence-electron chi connectivity index (χ0n) is 13.9. The monoisotopic (exact) mass is 403 g/mol. The summed E-state index contributed by atoms with van der Waals surface area (Å²) in [6, 6.07) is 4.51. The average Bonchev–Trinajstić information content (AvgIpc) is 3.13. The molecule has 0 radical (unpaired) electrons. The zero-order chi connectivity index (χ0) is 18.9. The smallest absolute Gasteiger partial charge is 0.390 e. The molecule has 0 aliphatic rings. The molecule has 0 aliphatic carbocycles. The Morgan fingerprint density at radius 3 is 2.85 bits per heavy atom. The summed E-state index contributed by atoms with van der Waals surface area (Å²) in [4.78, 5) is 5.38. The van der Waals surface area contributed by atoms with Crippen LogP contribution in [-0.2, 0) is 13.0 Å². The Kier molecular flexibility index (Phi) is 5.45. The largest absolute Gasteiger partial charge is 0.457 e. The molecule has 0 bridgehead atoms. The summed E-state index contributed by atoms with van der Waals surface area (Å²) in [7, 11) is 0. The minimum Gasteiger partial charge on any atom is -0.457 e. The minimum absolute atomic E-state index is 0.0241. The van der Waals surface area contributed by atoms with Crippen LogP contribution in [-0.4, -0.2) is 17.2 Å². The Morgan fingerprint density at radius 1 is 1.42 bits per heavy atom. The first-order chi connectivity index (χ1) is 12.2. The second-order valence-electron chi connectivity index (χ2n) is 6.04. The van der Waals surface area contributed by atoms with E-state index >= 15 is 0 Å². The van der Waals surface area contributed by atoms with E-state index in [1.54, 1.807) is 24.3 Å². The van der Waals surface area contributed by atoms with Crippen molar-refractivity contribution in [3.05, 3.63) is 44.9 Å². The third kappa shape index (κ3) is 4.49. The summed E-state index contributed by atoms with van der Waals surface area (Å²) in [5.74, 6) is 0.394. The van der Waals surface area contributed by atoms with Crippen LogP contribution in [0.25, 0.3) is 11.1 Å². The number of hydrogen-bond donors (Lipinski definition) is 2. The Bertz CT molecular complexity index is 893. The lowest BCUT2D eigenvalue weighted by atomic mass is 10.1. The van der Waals surface area contributed by atoms with Crippen molar-refractivity contribution in [2.45, 2.75) is 38.5 Å². The van der Waals surface area contributed by atoms with Crippen LogP contribution in [0.4, 0.5) is 18.9 Å². The van der Waals surface area contributed by atoms with Crippen molar-refractivity contribution >= 4 is 39.7 Å². The number of halogens is 4. The Hall–Kier alpha value is -1.77. The van der Waals surface area contributed by atoms with Gasteiger partial charge in [0.05, 0.1) is 12.1 Å². The molecule has 3 aromatic rings. The van der Waals surface area contributed by atoms with E-state index in [0.717, 1.165) is 4.88 Å². The van der Waals surface area contributed by atoms with Gasteiger partial charge in [-0.15, -0.1) is 11.3 Å². The van der Waals surface area contributed by atoms with E-state index in [1.807, 2.05) is 17.5 Å². The number of aryl methyl sites for hydroxylation is 1. The summed E-state index contributed by atoms with van der Waals surface area (Å²) in [5, 5.41) is 5.50. The number of anilines is 1. The molecule has 0 fully saturated rings. The number of alkyl halides is 3. The highest BCUT2D eigenvalue weighted by Gasteiger charge is 2.31. The van der Waals surface area contributed by atoms with Crippen molar-refractivity contribution in [2.24, 2.45) is 5.73 Å². The number of hydrogen-bond acceptors (Lipinski definition) is 5. The highest BCUT2D eigenvalue weighted by atomic mass is 35.5. The number of thiophene rings is 1. The Labute approximate surface area is 157 Å². The van der Waals surface area contributed by atoms with Gasteiger partial charge in [0, 0.05) is 35.5 Å². The third-order valence-electron chi connectivity index (χ3n) is 3.91. The second kappa shape index (κ2) is 7.46.